The van der Waals surface area contributed by atoms with Gasteiger partial charge in [0.1, 0.15) is 0 Å². The Hall–Kier alpha value is -5.08. The van der Waals surface area contributed by atoms with Gasteiger partial charge in [-0.3, -0.25) is 0 Å². The molecular formula is C36H24N2. The molecule has 0 radical (unpaired) electrons. The number of benzene rings is 6. The highest BCUT2D eigenvalue weighted by atomic mass is 15.0. The third-order valence-corrected chi connectivity index (χ3v) is 7.71. The lowest BCUT2D eigenvalue weighted by atomic mass is 9.97. The third kappa shape index (κ3) is 2.95. The van der Waals surface area contributed by atoms with Crippen LogP contribution in [0.5, 0.6) is 0 Å². The molecular weight excluding hydrogens is 460 g/mol. The molecule has 0 spiro atoms. The van der Waals surface area contributed by atoms with E-state index in [1.807, 2.05) is 0 Å². The van der Waals surface area contributed by atoms with Crippen LogP contribution in [-0.4, -0.2) is 9.13 Å². The minimum Gasteiger partial charge on any atom is -0.309 e. The van der Waals surface area contributed by atoms with E-state index in [-0.39, 0.29) is 0 Å². The van der Waals surface area contributed by atoms with Crippen LogP contribution in [0.1, 0.15) is 0 Å². The summed E-state index contributed by atoms with van der Waals surface area (Å²) in [6.45, 7) is 0. The Morgan fingerprint density at radius 3 is 1.55 bits per heavy atom. The van der Waals surface area contributed by atoms with Gasteiger partial charge >= 0.3 is 0 Å². The van der Waals surface area contributed by atoms with Gasteiger partial charge in [0.25, 0.3) is 0 Å². The molecule has 178 valence electrons. The van der Waals surface area contributed by atoms with Crippen molar-refractivity contribution >= 4 is 43.6 Å². The van der Waals surface area contributed by atoms with Crippen molar-refractivity contribution in [3.63, 3.8) is 0 Å². The minimum atomic E-state index is 1.17. The molecule has 0 fully saturated rings. The van der Waals surface area contributed by atoms with E-state index in [0.29, 0.717) is 0 Å². The van der Waals surface area contributed by atoms with Gasteiger partial charge in [-0.1, -0.05) is 103 Å². The number of nitrogens with zero attached hydrogens (tertiary/aromatic N) is 2. The van der Waals surface area contributed by atoms with E-state index < -0.39 is 0 Å². The van der Waals surface area contributed by atoms with Gasteiger partial charge < -0.3 is 9.13 Å². The van der Waals surface area contributed by atoms with Crippen LogP contribution in [-0.2, 0) is 0 Å². The van der Waals surface area contributed by atoms with Crippen LogP contribution in [0.25, 0.3) is 66.1 Å². The fourth-order valence-corrected chi connectivity index (χ4v) is 6.18. The first-order valence-corrected chi connectivity index (χ1v) is 13.1. The second-order valence-electron chi connectivity index (χ2n) is 9.78. The number of fused-ring (bicyclic) bond motifs is 6. The van der Waals surface area contributed by atoms with Crippen molar-refractivity contribution in [2.45, 2.75) is 0 Å². The molecule has 2 heterocycles. The van der Waals surface area contributed by atoms with Crippen LogP contribution in [0.3, 0.4) is 0 Å². The standard InChI is InChI=1S/C36H24N2/c1-3-13-25(14-4-1)37-33-23-10-8-18-31(33)35-28(19-12-24-34(35)37)30-21-11-20-29-27-17-7-9-22-32(27)38(36(29)30)26-15-5-2-6-16-26/h1-24H. The highest BCUT2D eigenvalue weighted by molar-refractivity contribution is 6.20. The van der Waals surface area contributed by atoms with E-state index in [1.54, 1.807) is 0 Å². The van der Waals surface area contributed by atoms with Crippen molar-refractivity contribution in [3.05, 3.63) is 146 Å². The molecule has 8 aromatic rings. The Morgan fingerprint density at radius 2 is 0.816 bits per heavy atom. The molecule has 0 saturated carbocycles. The Bertz CT molecular complexity index is 2110. The van der Waals surface area contributed by atoms with E-state index >= 15 is 0 Å². The van der Waals surface area contributed by atoms with Gasteiger partial charge in [-0.05, 0) is 48.0 Å². The normalized spacial score (nSPS) is 11.7. The quantitative estimate of drug-likeness (QED) is 0.236. The van der Waals surface area contributed by atoms with Crippen molar-refractivity contribution in [1.82, 2.24) is 9.13 Å². The molecule has 8 rings (SSSR count). The zero-order chi connectivity index (χ0) is 25.1. The van der Waals surface area contributed by atoms with Crippen molar-refractivity contribution in [2.75, 3.05) is 0 Å². The summed E-state index contributed by atoms with van der Waals surface area (Å²) < 4.78 is 4.82. The van der Waals surface area contributed by atoms with Crippen LogP contribution in [0.2, 0.25) is 0 Å². The van der Waals surface area contributed by atoms with Crippen LogP contribution in [0.4, 0.5) is 0 Å². The fourth-order valence-electron chi connectivity index (χ4n) is 6.18. The van der Waals surface area contributed by atoms with Crippen molar-refractivity contribution in [3.8, 4) is 22.5 Å². The monoisotopic (exact) mass is 484 g/mol. The second-order valence-corrected chi connectivity index (χ2v) is 9.78. The fraction of sp³-hybridized carbons (Fsp3) is 0. The van der Waals surface area contributed by atoms with E-state index in [1.165, 1.54) is 66.1 Å². The maximum absolute atomic E-state index is 2.43. The average Bonchev–Trinajstić information content (AvgIpc) is 3.51. The molecule has 2 heteroatoms. The SMILES string of the molecule is c1ccc(-n2c3ccccc3c3c(-c4cccc5c6ccccc6n(-c6ccccc6)c45)cccc32)cc1. The molecule has 0 amide bonds. The van der Waals surface area contributed by atoms with Crippen molar-refractivity contribution < 1.29 is 0 Å². The summed E-state index contributed by atoms with van der Waals surface area (Å²) in [5, 5.41) is 5.09. The molecule has 0 unspecified atom stereocenters. The van der Waals surface area contributed by atoms with Crippen molar-refractivity contribution in [1.29, 1.82) is 0 Å². The summed E-state index contributed by atoms with van der Waals surface area (Å²) in [5.74, 6) is 0. The predicted octanol–water partition coefficient (Wildman–Crippen LogP) is 9.55. The van der Waals surface area contributed by atoms with Gasteiger partial charge in [-0.15, -0.1) is 0 Å². The topological polar surface area (TPSA) is 9.86 Å². The highest BCUT2D eigenvalue weighted by Gasteiger charge is 2.20. The number of hydrogen-bond acceptors (Lipinski definition) is 0. The van der Waals surface area contributed by atoms with Crippen LogP contribution >= 0.6 is 0 Å². The molecule has 0 aliphatic rings. The summed E-state index contributed by atoms with van der Waals surface area (Å²) >= 11 is 0. The molecule has 0 bridgehead atoms. The lowest BCUT2D eigenvalue weighted by Gasteiger charge is -2.13. The van der Waals surface area contributed by atoms with E-state index in [0.717, 1.165) is 0 Å². The van der Waals surface area contributed by atoms with Gasteiger partial charge in [-0.2, -0.15) is 0 Å². The zero-order valence-electron chi connectivity index (χ0n) is 20.8. The van der Waals surface area contributed by atoms with Crippen LogP contribution in [0.15, 0.2) is 146 Å². The molecule has 0 atom stereocenters. The summed E-state index contributed by atoms with van der Waals surface area (Å²) in [6.07, 6.45) is 0. The molecule has 0 N–H and O–H groups in total. The summed E-state index contributed by atoms with van der Waals surface area (Å²) in [5.41, 5.74) is 9.73. The zero-order valence-corrected chi connectivity index (χ0v) is 20.8. The smallest absolute Gasteiger partial charge is 0.0619 e. The van der Waals surface area contributed by atoms with Gasteiger partial charge in [0.2, 0.25) is 0 Å². The van der Waals surface area contributed by atoms with Crippen LogP contribution in [0, 0.1) is 0 Å². The first kappa shape index (κ1) is 21.0. The third-order valence-electron chi connectivity index (χ3n) is 7.71. The molecule has 0 saturated heterocycles. The van der Waals surface area contributed by atoms with Crippen molar-refractivity contribution in [2.24, 2.45) is 0 Å². The predicted molar refractivity (Wildman–Crippen MR) is 161 cm³/mol. The maximum Gasteiger partial charge on any atom is 0.0619 e. The Labute approximate surface area is 220 Å². The van der Waals surface area contributed by atoms with Gasteiger partial charge in [0.05, 0.1) is 22.1 Å². The summed E-state index contributed by atoms with van der Waals surface area (Å²) in [4.78, 5) is 0. The maximum atomic E-state index is 2.43. The van der Waals surface area contributed by atoms with Crippen LogP contribution < -0.4 is 0 Å². The molecule has 38 heavy (non-hydrogen) atoms. The first-order chi connectivity index (χ1) is 18.9. The summed E-state index contributed by atoms with van der Waals surface area (Å²) in [6, 6.07) is 52.4. The number of rotatable bonds is 3. The minimum absolute atomic E-state index is 1.17. The average molecular weight is 485 g/mol. The Balaban J connectivity index is 1.55. The highest BCUT2D eigenvalue weighted by Crippen LogP contribution is 2.43. The van der Waals surface area contributed by atoms with E-state index in [9.17, 15) is 0 Å². The lowest BCUT2D eigenvalue weighted by molar-refractivity contribution is 1.18. The van der Waals surface area contributed by atoms with Gasteiger partial charge in [0.15, 0.2) is 0 Å². The lowest BCUT2D eigenvalue weighted by Crippen LogP contribution is -1.95. The molecule has 0 aliphatic carbocycles. The molecule has 2 aromatic heterocycles. The number of hydrogen-bond donors (Lipinski definition) is 0. The van der Waals surface area contributed by atoms with E-state index in [2.05, 4.69) is 155 Å². The van der Waals surface area contributed by atoms with Gasteiger partial charge in [-0.25, -0.2) is 0 Å². The second kappa shape index (κ2) is 8.22. The number of para-hydroxylation sites is 5. The molecule has 6 aromatic carbocycles. The molecule has 2 nitrogen and oxygen atoms in total. The largest absolute Gasteiger partial charge is 0.309 e. The molecule has 0 aliphatic heterocycles. The number of aromatic nitrogens is 2. The van der Waals surface area contributed by atoms with E-state index in [4.69, 9.17) is 0 Å². The first-order valence-electron chi connectivity index (χ1n) is 13.1. The Kier molecular flexibility index (Phi) is 4.55. The Morgan fingerprint density at radius 1 is 0.316 bits per heavy atom. The summed E-state index contributed by atoms with van der Waals surface area (Å²) in [7, 11) is 0. The van der Waals surface area contributed by atoms with Gasteiger partial charge in [0, 0.05) is 38.5 Å².